The second-order valence-corrected chi connectivity index (χ2v) is 9.19. The molecule has 184 valence electrons. The van der Waals surface area contributed by atoms with E-state index in [1.807, 2.05) is 53.0 Å². The van der Waals surface area contributed by atoms with Gasteiger partial charge in [-0.15, -0.1) is 0 Å². The van der Waals surface area contributed by atoms with Crippen LogP contribution in [0.1, 0.15) is 36.3 Å². The molecule has 1 aliphatic carbocycles. The minimum Gasteiger partial charge on any atom is -0.454 e. The Morgan fingerprint density at radius 3 is 2.62 bits per heavy atom. The van der Waals surface area contributed by atoms with E-state index in [1.165, 1.54) is 12.1 Å². The van der Waals surface area contributed by atoms with Gasteiger partial charge in [-0.05, 0) is 55.2 Å². The van der Waals surface area contributed by atoms with E-state index >= 15 is 0 Å². The number of allylic oxidation sites excluding steroid dienone is 3. The molecule has 0 N–H and O–H groups in total. The number of nitriles is 1. The number of aromatic nitrogens is 1. The zero-order valence-electron chi connectivity index (χ0n) is 20.0. The van der Waals surface area contributed by atoms with Crippen molar-refractivity contribution in [2.24, 2.45) is 0 Å². The fraction of sp³-hybridized carbons (Fsp3) is 0.214. The van der Waals surface area contributed by atoms with Crippen LogP contribution in [0, 0.1) is 28.4 Å². The van der Waals surface area contributed by atoms with E-state index in [0.29, 0.717) is 53.4 Å². The van der Waals surface area contributed by atoms with Crippen LogP contribution in [0.5, 0.6) is 11.5 Å². The molecule has 0 amide bonds. The van der Waals surface area contributed by atoms with Crippen LogP contribution in [0.4, 0.5) is 11.4 Å². The van der Waals surface area contributed by atoms with Crippen LogP contribution in [0.25, 0.3) is 5.82 Å². The maximum atomic E-state index is 13.6. The van der Waals surface area contributed by atoms with Gasteiger partial charge in [0.25, 0.3) is 5.69 Å². The van der Waals surface area contributed by atoms with Crippen molar-refractivity contribution in [3.05, 3.63) is 99.0 Å². The molecule has 0 spiro atoms. The normalized spacial score (nSPS) is 18.6. The first kappa shape index (κ1) is 22.6. The second kappa shape index (κ2) is 8.68. The Bertz CT molecular complexity index is 1560. The third-order valence-electron chi connectivity index (χ3n) is 7.07. The first-order chi connectivity index (χ1) is 18.0. The number of nitro benzene ring substituents is 1. The molecular weight excluding hydrogens is 472 g/mol. The van der Waals surface area contributed by atoms with Crippen molar-refractivity contribution in [1.82, 2.24) is 4.57 Å². The number of rotatable bonds is 4. The SMILES string of the molecule is Cc1ccc([N+](=O)[O-])cc1N1C2=C(C(=O)CCC2)[C@@H](c2ccc3c(c2)OCO3)C(C#N)=C1n1cccc1. The fourth-order valence-electron chi connectivity index (χ4n) is 5.41. The molecule has 0 radical (unpaired) electrons. The molecule has 0 saturated heterocycles. The molecule has 9 heteroatoms. The predicted molar refractivity (Wildman–Crippen MR) is 135 cm³/mol. The van der Waals surface area contributed by atoms with Gasteiger partial charge in [0, 0.05) is 42.2 Å². The summed E-state index contributed by atoms with van der Waals surface area (Å²) >= 11 is 0. The lowest BCUT2D eigenvalue weighted by molar-refractivity contribution is -0.384. The highest BCUT2D eigenvalue weighted by molar-refractivity contribution is 6.03. The van der Waals surface area contributed by atoms with Crippen molar-refractivity contribution in [3.63, 3.8) is 0 Å². The number of nitro groups is 1. The standard InChI is InChI=1S/C28H22N4O5/c1-17-7-9-19(32(34)35)14-22(17)31-21-5-4-6-23(33)27(21)26(18-8-10-24-25(13-18)37-16-36-24)20(15-29)28(31)30-11-2-3-12-30/h2-3,7-14,26H,4-6,16H2,1H3/t26-/m0/s1. The maximum absolute atomic E-state index is 13.6. The van der Waals surface area contributed by atoms with Gasteiger partial charge in [0.2, 0.25) is 6.79 Å². The van der Waals surface area contributed by atoms with Crippen LogP contribution in [0.3, 0.4) is 0 Å². The van der Waals surface area contributed by atoms with Crippen LogP contribution < -0.4 is 14.4 Å². The molecule has 0 unspecified atom stereocenters. The Kier molecular flexibility index (Phi) is 5.30. The number of aryl methyl sites for hydroxylation is 1. The molecule has 3 aromatic rings. The lowest BCUT2D eigenvalue weighted by Crippen LogP contribution is -2.37. The van der Waals surface area contributed by atoms with Gasteiger partial charge in [-0.1, -0.05) is 12.1 Å². The van der Waals surface area contributed by atoms with Crippen molar-refractivity contribution in [2.75, 3.05) is 11.7 Å². The molecule has 1 atom stereocenters. The van der Waals surface area contributed by atoms with Gasteiger partial charge in [-0.3, -0.25) is 19.8 Å². The van der Waals surface area contributed by atoms with Crippen molar-refractivity contribution < 1.29 is 19.2 Å². The van der Waals surface area contributed by atoms with E-state index in [1.54, 1.807) is 12.1 Å². The molecule has 1 aromatic heterocycles. The second-order valence-electron chi connectivity index (χ2n) is 9.19. The molecule has 0 saturated carbocycles. The van der Waals surface area contributed by atoms with Gasteiger partial charge in [-0.25, -0.2) is 0 Å². The number of ketones is 1. The van der Waals surface area contributed by atoms with Crippen LogP contribution in [0.15, 0.2) is 77.8 Å². The fourth-order valence-corrected chi connectivity index (χ4v) is 5.41. The predicted octanol–water partition coefficient (Wildman–Crippen LogP) is 5.44. The Balaban J connectivity index is 1.67. The van der Waals surface area contributed by atoms with Crippen LogP contribution in [0.2, 0.25) is 0 Å². The van der Waals surface area contributed by atoms with Crippen molar-refractivity contribution >= 4 is 23.0 Å². The number of carbonyl (C=O) groups is 1. The lowest BCUT2D eigenvalue weighted by atomic mass is 9.75. The van der Waals surface area contributed by atoms with E-state index in [2.05, 4.69) is 6.07 Å². The van der Waals surface area contributed by atoms with E-state index in [4.69, 9.17) is 9.47 Å². The van der Waals surface area contributed by atoms with Crippen LogP contribution >= 0.6 is 0 Å². The van der Waals surface area contributed by atoms with Crippen LogP contribution in [-0.4, -0.2) is 22.1 Å². The largest absolute Gasteiger partial charge is 0.454 e. The number of fused-ring (bicyclic) bond motifs is 1. The van der Waals surface area contributed by atoms with Crippen molar-refractivity contribution in [1.29, 1.82) is 5.26 Å². The zero-order chi connectivity index (χ0) is 25.7. The van der Waals surface area contributed by atoms with Gasteiger partial charge in [0.1, 0.15) is 5.82 Å². The Labute approximate surface area is 212 Å². The molecular formula is C28H22N4O5. The van der Waals surface area contributed by atoms with Gasteiger partial charge >= 0.3 is 0 Å². The third-order valence-corrected chi connectivity index (χ3v) is 7.07. The first-order valence-corrected chi connectivity index (χ1v) is 12.0. The number of nitrogens with zero attached hydrogens (tertiary/aromatic N) is 4. The number of benzene rings is 2. The quantitative estimate of drug-likeness (QED) is 0.351. The van der Waals surface area contributed by atoms with Gasteiger partial charge < -0.3 is 14.0 Å². The van der Waals surface area contributed by atoms with Crippen molar-refractivity contribution in [2.45, 2.75) is 32.1 Å². The summed E-state index contributed by atoms with van der Waals surface area (Å²) in [4.78, 5) is 26.7. The number of ether oxygens (including phenoxy) is 2. The monoisotopic (exact) mass is 494 g/mol. The summed E-state index contributed by atoms with van der Waals surface area (Å²) in [6, 6.07) is 16.3. The third kappa shape index (κ3) is 3.57. The Morgan fingerprint density at radius 2 is 1.86 bits per heavy atom. The molecule has 2 aromatic carbocycles. The number of carbonyl (C=O) groups excluding carboxylic acids is 1. The molecule has 3 aliphatic rings. The molecule has 37 heavy (non-hydrogen) atoms. The number of non-ortho nitro benzene ring substituents is 1. The van der Waals surface area contributed by atoms with E-state index in [9.17, 15) is 20.2 Å². The smallest absolute Gasteiger partial charge is 0.271 e. The van der Waals surface area contributed by atoms with Crippen molar-refractivity contribution in [3.8, 4) is 17.6 Å². The maximum Gasteiger partial charge on any atom is 0.271 e. The lowest BCUT2D eigenvalue weighted by Gasteiger charge is -2.41. The average molecular weight is 495 g/mol. The summed E-state index contributed by atoms with van der Waals surface area (Å²) in [5.41, 5.74) is 3.72. The topological polar surface area (TPSA) is 111 Å². The summed E-state index contributed by atoms with van der Waals surface area (Å²) in [5, 5.41) is 22.3. The van der Waals surface area contributed by atoms with Gasteiger partial charge in [-0.2, -0.15) is 5.26 Å². The van der Waals surface area contributed by atoms with Gasteiger partial charge in [0.15, 0.2) is 17.3 Å². The number of hydrogen-bond donors (Lipinski definition) is 0. The molecule has 6 rings (SSSR count). The highest BCUT2D eigenvalue weighted by Gasteiger charge is 2.42. The summed E-state index contributed by atoms with van der Waals surface area (Å²) in [6.07, 6.45) is 5.28. The molecule has 3 heterocycles. The Morgan fingerprint density at radius 1 is 1.08 bits per heavy atom. The highest BCUT2D eigenvalue weighted by atomic mass is 16.7. The van der Waals surface area contributed by atoms with E-state index in [0.717, 1.165) is 16.8 Å². The van der Waals surface area contributed by atoms with Gasteiger partial charge in [0.05, 0.1) is 28.2 Å². The average Bonchev–Trinajstić information content (AvgIpc) is 3.60. The zero-order valence-corrected chi connectivity index (χ0v) is 20.0. The minimum absolute atomic E-state index is 0.0312. The van der Waals surface area contributed by atoms with E-state index in [-0.39, 0.29) is 18.3 Å². The minimum atomic E-state index is -0.616. The molecule has 9 nitrogen and oxygen atoms in total. The Hall–Kier alpha value is -4.84. The van der Waals surface area contributed by atoms with E-state index < -0.39 is 10.8 Å². The summed E-state index contributed by atoms with van der Waals surface area (Å²) in [6.45, 7) is 1.99. The number of hydrogen-bond acceptors (Lipinski definition) is 7. The molecule has 2 aliphatic heterocycles. The highest BCUT2D eigenvalue weighted by Crippen LogP contribution is 2.50. The summed E-state index contributed by atoms with van der Waals surface area (Å²) in [5.74, 6) is 1.09. The summed E-state index contributed by atoms with van der Waals surface area (Å²) in [7, 11) is 0. The van der Waals surface area contributed by atoms with Crippen LogP contribution in [-0.2, 0) is 4.79 Å². The molecule has 0 fully saturated rings. The summed E-state index contributed by atoms with van der Waals surface area (Å²) < 4.78 is 12.9. The molecule has 0 bridgehead atoms. The first-order valence-electron chi connectivity index (χ1n) is 12.0. The number of Topliss-reactive ketones (excluding diaryl/α,β-unsaturated/α-hetero) is 1. The number of anilines is 1.